The lowest BCUT2D eigenvalue weighted by atomic mass is 9.86. The van der Waals surface area contributed by atoms with Crippen LogP contribution in [0.2, 0.25) is 5.02 Å². The topological polar surface area (TPSA) is 80.5 Å². The van der Waals surface area contributed by atoms with Crippen LogP contribution in [0, 0.1) is 5.92 Å². The number of halogens is 1. The maximum absolute atomic E-state index is 13.2. The summed E-state index contributed by atoms with van der Waals surface area (Å²) in [6.07, 6.45) is 4.92. The largest absolute Gasteiger partial charge is 0.497 e. The number of aryl methyl sites for hydroxylation is 1. The number of nitrogens with one attached hydrogen (secondary N) is 1. The first kappa shape index (κ1) is 22.9. The molecule has 1 amide bonds. The van der Waals surface area contributed by atoms with Gasteiger partial charge in [0.15, 0.2) is 0 Å². The van der Waals surface area contributed by atoms with Gasteiger partial charge in [0.1, 0.15) is 5.75 Å². The molecule has 178 valence electrons. The van der Waals surface area contributed by atoms with Crippen LogP contribution in [-0.4, -0.2) is 41.1 Å². The fourth-order valence-electron chi connectivity index (χ4n) is 5.00. The number of piperidine rings is 1. The van der Waals surface area contributed by atoms with Crippen molar-refractivity contribution >= 4 is 17.5 Å². The Balaban J connectivity index is 1.20. The van der Waals surface area contributed by atoms with Gasteiger partial charge in [0.25, 0.3) is 0 Å². The van der Waals surface area contributed by atoms with Crippen LogP contribution in [0.5, 0.6) is 5.75 Å². The van der Waals surface area contributed by atoms with Crippen LogP contribution in [0.25, 0.3) is 11.4 Å². The lowest BCUT2D eigenvalue weighted by Crippen LogP contribution is -2.44. The molecule has 34 heavy (non-hydrogen) atoms. The van der Waals surface area contributed by atoms with E-state index in [-0.39, 0.29) is 17.9 Å². The van der Waals surface area contributed by atoms with Crippen LogP contribution in [-0.2, 0) is 17.8 Å². The van der Waals surface area contributed by atoms with Crippen LogP contribution in [0.15, 0.2) is 47.0 Å². The molecule has 1 aliphatic carbocycles. The van der Waals surface area contributed by atoms with E-state index in [2.05, 4.69) is 32.5 Å². The lowest BCUT2D eigenvalue weighted by Gasteiger charge is -2.33. The van der Waals surface area contributed by atoms with Crippen LogP contribution >= 0.6 is 11.6 Å². The van der Waals surface area contributed by atoms with Gasteiger partial charge in [0.05, 0.1) is 25.6 Å². The van der Waals surface area contributed by atoms with Gasteiger partial charge in [-0.25, -0.2) is 0 Å². The molecule has 2 heterocycles. The van der Waals surface area contributed by atoms with Crippen molar-refractivity contribution in [2.24, 2.45) is 5.92 Å². The summed E-state index contributed by atoms with van der Waals surface area (Å²) in [5.74, 6) is 2.06. The van der Waals surface area contributed by atoms with Crippen molar-refractivity contribution in [1.29, 1.82) is 0 Å². The summed E-state index contributed by atoms with van der Waals surface area (Å²) in [5.41, 5.74) is 3.35. The first-order valence-corrected chi connectivity index (χ1v) is 12.2. The molecule has 7 nitrogen and oxygen atoms in total. The molecule has 1 fully saturated rings. The second-order valence-corrected chi connectivity index (χ2v) is 9.55. The van der Waals surface area contributed by atoms with Crippen molar-refractivity contribution in [3.05, 3.63) is 64.5 Å². The Bertz CT molecular complexity index is 1150. The van der Waals surface area contributed by atoms with E-state index in [1.165, 1.54) is 11.1 Å². The highest BCUT2D eigenvalue weighted by Gasteiger charge is 2.30. The fraction of sp³-hybridized carbons (Fsp3) is 0.423. The molecule has 2 atom stereocenters. The monoisotopic (exact) mass is 480 g/mol. The first-order chi connectivity index (χ1) is 16.6. The molecule has 0 radical (unpaired) electrons. The number of likely N-dealkylation sites (tertiary alicyclic amines) is 1. The van der Waals surface area contributed by atoms with Gasteiger partial charge >= 0.3 is 0 Å². The first-order valence-electron chi connectivity index (χ1n) is 11.9. The molecule has 5 rings (SSSR count). The minimum Gasteiger partial charge on any atom is -0.497 e. The van der Waals surface area contributed by atoms with Crippen molar-refractivity contribution in [2.75, 3.05) is 20.2 Å². The Hall–Kier alpha value is -2.90. The molecule has 2 unspecified atom stereocenters. The molecule has 8 heteroatoms. The third-order valence-corrected chi connectivity index (χ3v) is 7.04. The van der Waals surface area contributed by atoms with Gasteiger partial charge in [-0.15, -0.1) is 0 Å². The van der Waals surface area contributed by atoms with E-state index in [0.29, 0.717) is 29.8 Å². The number of hydrogen-bond acceptors (Lipinski definition) is 6. The van der Waals surface area contributed by atoms with Crippen molar-refractivity contribution in [3.63, 3.8) is 0 Å². The zero-order valence-electron chi connectivity index (χ0n) is 19.3. The number of amides is 1. The van der Waals surface area contributed by atoms with E-state index in [9.17, 15) is 4.79 Å². The molecule has 1 aromatic heterocycles. The summed E-state index contributed by atoms with van der Waals surface area (Å²) in [5, 5.41) is 8.10. The second kappa shape index (κ2) is 10.2. The Kier molecular flexibility index (Phi) is 6.83. The highest BCUT2D eigenvalue weighted by atomic mass is 35.5. The van der Waals surface area contributed by atoms with Crippen molar-refractivity contribution in [3.8, 4) is 17.1 Å². The number of nitrogens with zero attached hydrogens (tertiary/aromatic N) is 3. The Morgan fingerprint density at radius 2 is 2.06 bits per heavy atom. The van der Waals surface area contributed by atoms with Gasteiger partial charge in [0, 0.05) is 17.1 Å². The Morgan fingerprint density at radius 1 is 1.21 bits per heavy atom. The summed E-state index contributed by atoms with van der Waals surface area (Å²) in [7, 11) is 1.69. The Labute approximate surface area is 204 Å². The number of benzene rings is 2. The zero-order chi connectivity index (χ0) is 23.5. The predicted octanol–water partition coefficient (Wildman–Crippen LogP) is 4.80. The summed E-state index contributed by atoms with van der Waals surface area (Å²) in [6, 6.07) is 13.6. The number of methoxy groups -OCH3 is 1. The molecule has 2 aromatic carbocycles. The van der Waals surface area contributed by atoms with Gasteiger partial charge in [-0.1, -0.05) is 22.8 Å². The molecule has 0 spiro atoms. The maximum Gasteiger partial charge on any atom is 0.241 e. The van der Waals surface area contributed by atoms with Crippen molar-refractivity contribution in [2.45, 2.75) is 44.7 Å². The molecule has 0 bridgehead atoms. The predicted molar refractivity (Wildman–Crippen MR) is 130 cm³/mol. The van der Waals surface area contributed by atoms with Gasteiger partial charge in [-0.05, 0) is 86.2 Å². The quantitative estimate of drug-likeness (QED) is 0.545. The highest BCUT2D eigenvalue weighted by Crippen LogP contribution is 2.33. The zero-order valence-corrected chi connectivity index (χ0v) is 20.1. The Morgan fingerprint density at radius 3 is 2.88 bits per heavy atom. The number of fused-ring (bicyclic) bond motifs is 1. The van der Waals surface area contributed by atoms with E-state index in [0.717, 1.165) is 50.0 Å². The normalized spacial score (nSPS) is 20.5. The van der Waals surface area contributed by atoms with Gasteiger partial charge in [-0.2, -0.15) is 4.98 Å². The van der Waals surface area contributed by atoms with E-state index in [1.54, 1.807) is 7.11 Å². The SMILES string of the molecule is COc1ccc2c(c1)CCCC2NC(=O)C1CCCN(Cc2nc(-c3ccc(Cl)cc3)no2)C1. The van der Waals surface area contributed by atoms with Crippen LogP contribution < -0.4 is 10.1 Å². The van der Waals surface area contributed by atoms with Crippen LogP contribution in [0.1, 0.15) is 48.7 Å². The molecular formula is C26H29ClN4O3. The summed E-state index contributed by atoms with van der Waals surface area (Å²) >= 11 is 5.96. The minimum atomic E-state index is -0.0453. The van der Waals surface area contributed by atoms with E-state index >= 15 is 0 Å². The van der Waals surface area contributed by atoms with E-state index in [1.807, 2.05) is 30.3 Å². The number of carbonyl (C=O) groups is 1. The summed E-state index contributed by atoms with van der Waals surface area (Å²) in [4.78, 5) is 20.0. The molecular weight excluding hydrogens is 452 g/mol. The number of ether oxygens (including phenoxy) is 1. The lowest BCUT2D eigenvalue weighted by molar-refractivity contribution is -0.127. The third-order valence-electron chi connectivity index (χ3n) is 6.79. The number of hydrogen-bond donors (Lipinski definition) is 1. The van der Waals surface area contributed by atoms with E-state index in [4.69, 9.17) is 20.9 Å². The van der Waals surface area contributed by atoms with E-state index < -0.39 is 0 Å². The van der Waals surface area contributed by atoms with Crippen molar-refractivity contribution < 1.29 is 14.1 Å². The highest BCUT2D eigenvalue weighted by molar-refractivity contribution is 6.30. The standard InChI is InChI=1S/C26H29ClN4O3/c1-33-21-11-12-22-18(14-21)4-2-6-23(22)28-26(32)19-5-3-13-31(15-19)16-24-29-25(30-34-24)17-7-9-20(27)10-8-17/h7-12,14,19,23H,2-6,13,15-16H2,1H3,(H,28,32). The summed E-state index contributed by atoms with van der Waals surface area (Å²) < 4.78 is 10.8. The van der Waals surface area contributed by atoms with Crippen molar-refractivity contribution in [1.82, 2.24) is 20.4 Å². The average Bonchev–Trinajstić information content (AvgIpc) is 3.32. The minimum absolute atomic E-state index is 0.0453. The molecule has 3 aromatic rings. The molecule has 1 saturated heterocycles. The van der Waals surface area contributed by atoms with Gasteiger partial charge in [0.2, 0.25) is 17.6 Å². The number of rotatable bonds is 6. The van der Waals surface area contributed by atoms with Crippen LogP contribution in [0.3, 0.4) is 0 Å². The van der Waals surface area contributed by atoms with Crippen LogP contribution in [0.4, 0.5) is 0 Å². The van der Waals surface area contributed by atoms with Gasteiger partial charge < -0.3 is 14.6 Å². The molecule has 1 aliphatic heterocycles. The summed E-state index contributed by atoms with van der Waals surface area (Å²) in [6.45, 7) is 2.14. The molecule has 2 aliphatic rings. The molecule has 0 saturated carbocycles. The smallest absolute Gasteiger partial charge is 0.241 e. The average molecular weight is 481 g/mol. The second-order valence-electron chi connectivity index (χ2n) is 9.11. The molecule has 1 N–H and O–H groups in total. The number of carbonyl (C=O) groups excluding carboxylic acids is 1. The maximum atomic E-state index is 13.2. The van der Waals surface area contributed by atoms with Gasteiger partial charge in [-0.3, -0.25) is 9.69 Å². The fourth-order valence-corrected chi connectivity index (χ4v) is 5.12. The number of aromatic nitrogens is 2. The third kappa shape index (κ3) is 5.10.